The van der Waals surface area contributed by atoms with Crippen molar-refractivity contribution in [2.45, 2.75) is 51.1 Å². The number of nitrogens with one attached hydrogen (secondary N) is 2. The number of fused-ring (bicyclic) bond motifs is 1. The largest absolute Gasteiger partial charge is 0.383 e. The van der Waals surface area contributed by atoms with Gasteiger partial charge in [0.2, 0.25) is 5.95 Å². The highest BCUT2D eigenvalue weighted by Crippen LogP contribution is 2.23. The highest BCUT2D eigenvalue weighted by atomic mass is 15.1. The molecule has 18 heavy (non-hydrogen) atoms. The molecule has 0 unspecified atom stereocenters. The molecule has 0 radical (unpaired) electrons. The SMILES string of the molecule is Nc1nc(NC2CCCCC2)nc2c1CNCC2. The number of hydrogen-bond acceptors (Lipinski definition) is 5. The van der Waals surface area contributed by atoms with Gasteiger partial charge in [0.1, 0.15) is 5.82 Å². The summed E-state index contributed by atoms with van der Waals surface area (Å²) < 4.78 is 0. The Kier molecular flexibility index (Phi) is 3.32. The van der Waals surface area contributed by atoms with Crippen molar-refractivity contribution in [1.82, 2.24) is 15.3 Å². The fraction of sp³-hybridized carbons (Fsp3) is 0.692. The number of nitrogens with zero attached hydrogens (tertiary/aromatic N) is 2. The Labute approximate surface area is 108 Å². The van der Waals surface area contributed by atoms with Gasteiger partial charge < -0.3 is 16.4 Å². The van der Waals surface area contributed by atoms with E-state index in [9.17, 15) is 0 Å². The van der Waals surface area contributed by atoms with Gasteiger partial charge in [-0.05, 0) is 12.8 Å². The predicted molar refractivity (Wildman–Crippen MR) is 72.4 cm³/mol. The molecule has 1 aromatic heterocycles. The lowest BCUT2D eigenvalue weighted by Crippen LogP contribution is -2.28. The van der Waals surface area contributed by atoms with E-state index in [2.05, 4.69) is 20.6 Å². The Morgan fingerprint density at radius 2 is 2.00 bits per heavy atom. The molecule has 0 spiro atoms. The zero-order chi connectivity index (χ0) is 12.4. The predicted octanol–water partition coefficient (Wildman–Crippen LogP) is 1.45. The maximum absolute atomic E-state index is 6.02. The molecule has 0 bridgehead atoms. The van der Waals surface area contributed by atoms with Crippen LogP contribution in [0, 0.1) is 0 Å². The van der Waals surface area contributed by atoms with Gasteiger partial charge in [-0.3, -0.25) is 0 Å². The molecule has 4 N–H and O–H groups in total. The normalized spacial score (nSPS) is 20.4. The van der Waals surface area contributed by atoms with Gasteiger partial charge in [0.05, 0.1) is 5.69 Å². The van der Waals surface area contributed by atoms with Crippen molar-refractivity contribution in [2.24, 2.45) is 0 Å². The molecule has 1 aromatic rings. The highest BCUT2D eigenvalue weighted by molar-refractivity contribution is 5.48. The summed E-state index contributed by atoms with van der Waals surface area (Å²) in [5.74, 6) is 1.35. The summed E-state index contributed by atoms with van der Waals surface area (Å²) in [6.07, 6.45) is 7.37. The molecule has 1 fully saturated rings. The van der Waals surface area contributed by atoms with Gasteiger partial charge in [-0.1, -0.05) is 19.3 Å². The Morgan fingerprint density at radius 3 is 2.83 bits per heavy atom. The highest BCUT2D eigenvalue weighted by Gasteiger charge is 2.18. The van der Waals surface area contributed by atoms with Crippen LogP contribution in [0.1, 0.15) is 43.4 Å². The third-order valence-electron chi connectivity index (χ3n) is 3.90. The van der Waals surface area contributed by atoms with E-state index in [1.807, 2.05) is 0 Å². The lowest BCUT2D eigenvalue weighted by Gasteiger charge is -2.24. The molecule has 5 nitrogen and oxygen atoms in total. The number of rotatable bonds is 2. The van der Waals surface area contributed by atoms with E-state index in [1.54, 1.807) is 0 Å². The van der Waals surface area contributed by atoms with Gasteiger partial charge in [-0.2, -0.15) is 4.98 Å². The summed E-state index contributed by atoms with van der Waals surface area (Å²) >= 11 is 0. The van der Waals surface area contributed by atoms with E-state index < -0.39 is 0 Å². The van der Waals surface area contributed by atoms with Crippen molar-refractivity contribution >= 4 is 11.8 Å². The van der Waals surface area contributed by atoms with Gasteiger partial charge in [0.25, 0.3) is 0 Å². The van der Waals surface area contributed by atoms with Gasteiger partial charge in [-0.25, -0.2) is 4.98 Å². The van der Waals surface area contributed by atoms with Gasteiger partial charge in [-0.15, -0.1) is 0 Å². The minimum atomic E-state index is 0.526. The van der Waals surface area contributed by atoms with Crippen LogP contribution < -0.4 is 16.4 Å². The van der Waals surface area contributed by atoms with Gasteiger partial charge in [0.15, 0.2) is 0 Å². The smallest absolute Gasteiger partial charge is 0.225 e. The second kappa shape index (κ2) is 5.10. The van der Waals surface area contributed by atoms with E-state index in [-0.39, 0.29) is 0 Å². The van der Waals surface area contributed by atoms with E-state index >= 15 is 0 Å². The molecule has 0 amide bonds. The lowest BCUT2D eigenvalue weighted by atomic mass is 9.96. The first-order valence-electron chi connectivity index (χ1n) is 6.95. The third kappa shape index (κ3) is 2.41. The third-order valence-corrected chi connectivity index (χ3v) is 3.90. The van der Waals surface area contributed by atoms with E-state index in [0.29, 0.717) is 11.9 Å². The molecule has 1 aliphatic heterocycles. The summed E-state index contributed by atoms with van der Waals surface area (Å²) in [6, 6.07) is 0.526. The first kappa shape index (κ1) is 11.7. The quantitative estimate of drug-likeness (QED) is 0.737. The van der Waals surface area contributed by atoms with Gasteiger partial charge >= 0.3 is 0 Å². The Morgan fingerprint density at radius 1 is 1.17 bits per heavy atom. The fourth-order valence-corrected chi connectivity index (χ4v) is 2.86. The van der Waals surface area contributed by atoms with Crippen molar-refractivity contribution < 1.29 is 0 Å². The molecule has 2 aliphatic rings. The second-order valence-electron chi connectivity index (χ2n) is 5.26. The first-order chi connectivity index (χ1) is 8.83. The Balaban J connectivity index is 1.77. The summed E-state index contributed by atoms with van der Waals surface area (Å²) in [4.78, 5) is 9.02. The number of aromatic nitrogens is 2. The summed E-state index contributed by atoms with van der Waals surface area (Å²) in [6.45, 7) is 1.77. The molecule has 2 heterocycles. The molecule has 3 rings (SSSR count). The van der Waals surface area contributed by atoms with Crippen LogP contribution in [-0.4, -0.2) is 22.6 Å². The average Bonchev–Trinajstić information content (AvgIpc) is 2.40. The van der Waals surface area contributed by atoms with Crippen LogP contribution in [0.25, 0.3) is 0 Å². The van der Waals surface area contributed by atoms with Crippen LogP contribution in [0.4, 0.5) is 11.8 Å². The minimum Gasteiger partial charge on any atom is -0.383 e. The molecular weight excluding hydrogens is 226 g/mol. The second-order valence-corrected chi connectivity index (χ2v) is 5.26. The maximum atomic E-state index is 6.02. The Hall–Kier alpha value is -1.36. The van der Waals surface area contributed by atoms with E-state index in [0.717, 1.165) is 36.7 Å². The molecule has 5 heteroatoms. The number of nitrogen functional groups attached to an aromatic ring is 1. The first-order valence-corrected chi connectivity index (χ1v) is 6.95. The van der Waals surface area contributed by atoms with Crippen molar-refractivity contribution in [1.29, 1.82) is 0 Å². The standard InChI is InChI=1S/C13H21N5/c14-12-10-8-15-7-6-11(10)17-13(18-12)16-9-4-2-1-3-5-9/h9,15H,1-8H2,(H3,14,16,17,18). The van der Waals surface area contributed by atoms with Crippen LogP contribution >= 0.6 is 0 Å². The van der Waals surface area contributed by atoms with Crippen molar-refractivity contribution in [3.8, 4) is 0 Å². The van der Waals surface area contributed by atoms with Crippen LogP contribution in [0.3, 0.4) is 0 Å². The molecule has 1 saturated carbocycles. The molecule has 0 saturated heterocycles. The Bertz CT molecular complexity index is 426. The minimum absolute atomic E-state index is 0.526. The lowest BCUT2D eigenvalue weighted by molar-refractivity contribution is 0.460. The topological polar surface area (TPSA) is 75.9 Å². The summed E-state index contributed by atoms with van der Waals surface area (Å²) in [5.41, 5.74) is 8.21. The van der Waals surface area contributed by atoms with Crippen LogP contribution in [0.2, 0.25) is 0 Å². The van der Waals surface area contributed by atoms with Crippen molar-refractivity contribution in [2.75, 3.05) is 17.6 Å². The van der Waals surface area contributed by atoms with Crippen LogP contribution in [0.15, 0.2) is 0 Å². The number of nitrogens with two attached hydrogens (primary N) is 1. The maximum Gasteiger partial charge on any atom is 0.225 e. The molecule has 0 atom stereocenters. The van der Waals surface area contributed by atoms with Crippen molar-refractivity contribution in [3.05, 3.63) is 11.3 Å². The van der Waals surface area contributed by atoms with E-state index in [4.69, 9.17) is 5.73 Å². The number of anilines is 2. The molecule has 1 aliphatic carbocycles. The monoisotopic (exact) mass is 247 g/mol. The molecular formula is C13H21N5. The van der Waals surface area contributed by atoms with Crippen LogP contribution in [0.5, 0.6) is 0 Å². The summed E-state index contributed by atoms with van der Waals surface area (Å²) in [7, 11) is 0. The average molecular weight is 247 g/mol. The number of hydrogen-bond donors (Lipinski definition) is 3. The zero-order valence-corrected chi connectivity index (χ0v) is 10.7. The summed E-state index contributed by atoms with van der Waals surface area (Å²) in [5, 5.41) is 6.75. The van der Waals surface area contributed by atoms with E-state index in [1.165, 1.54) is 32.1 Å². The van der Waals surface area contributed by atoms with Crippen molar-refractivity contribution in [3.63, 3.8) is 0 Å². The fourth-order valence-electron chi connectivity index (χ4n) is 2.86. The van der Waals surface area contributed by atoms with Gasteiger partial charge in [0, 0.05) is 31.1 Å². The molecule has 98 valence electrons. The van der Waals surface area contributed by atoms with Crippen LogP contribution in [-0.2, 0) is 13.0 Å². The molecule has 0 aromatic carbocycles. The zero-order valence-electron chi connectivity index (χ0n) is 10.7.